The summed E-state index contributed by atoms with van der Waals surface area (Å²) in [6, 6.07) is 0. The normalized spacial score (nSPS) is 14.5. The van der Waals surface area contributed by atoms with Crippen LogP contribution in [0.2, 0.25) is 10.6 Å². The Morgan fingerprint density at radius 3 is 1.55 bits per heavy atom. The van der Waals surface area contributed by atoms with Crippen LogP contribution in [0.3, 0.4) is 0 Å². The van der Waals surface area contributed by atoms with Crippen LogP contribution >= 0.6 is 0 Å². The molecule has 0 aromatic carbocycles. The molecule has 0 amide bonds. The van der Waals surface area contributed by atoms with Crippen molar-refractivity contribution in [2.45, 2.75) is 29.8 Å². The van der Waals surface area contributed by atoms with E-state index in [2.05, 4.69) is 0 Å². The van der Waals surface area contributed by atoms with Crippen molar-refractivity contribution in [2.75, 3.05) is 0 Å². The summed E-state index contributed by atoms with van der Waals surface area (Å²) in [6.45, 7) is 0. The van der Waals surface area contributed by atoms with Crippen LogP contribution in [-0.4, -0.2) is 83.0 Å². The summed E-state index contributed by atoms with van der Waals surface area (Å²) >= 11 is 0.508. The molecule has 60 valence electrons. The zero-order chi connectivity index (χ0) is 7.82. The van der Waals surface area contributed by atoms with Crippen LogP contribution in [0.4, 0.5) is 4.79 Å². The van der Waals surface area contributed by atoms with Gasteiger partial charge in [0, 0.05) is 0 Å². The van der Waals surface area contributed by atoms with Gasteiger partial charge in [-0.15, -0.1) is 0 Å². The zero-order valence-electron chi connectivity index (χ0n) is 6.05. The maximum atomic E-state index is 8.56. The molecule has 0 unspecified atom stereocenters. The Labute approximate surface area is 116 Å². The Hall–Kier alpha value is 1.44. The maximum absolute atomic E-state index is 8.56. The van der Waals surface area contributed by atoms with Gasteiger partial charge in [0.05, 0.1) is 0 Å². The average Bonchev–Trinajstić information content (AvgIpc) is 1.90. The Kier molecular flexibility index (Phi) is 15.5. The minimum atomic E-state index is -1.83. The summed E-state index contributed by atoms with van der Waals surface area (Å²) in [7, 11) is 0. The van der Waals surface area contributed by atoms with Gasteiger partial charge in [-0.25, -0.2) is 4.79 Å². The van der Waals surface area contributed by atoms with Crippen molar-refractivity contribution < 1.29 is 15.0 Å². The van der Waals surface area contributed by atoms with Gasteiger partial charge in [-0.3, -0.25) is 0 Å². The topological polar surface area (TPSA) is 57.5 Å². The van der Waals surface area contributed by atoms with Crippen LogP contribution in [0, 0.1) is 0 Å². The summed E-state index contributed by atoms with van der Waals surface area (Å²) in [5.74, 6) is 0. The molecular formula is C6H14AlKO3. The standard InChI is InChI=1S/C5H10.CH2O3.Al.K.2H/c1-3-5-4-2;2-1(3)4;;;;/h1-5H2;(H2,2,3,4);;;;. The van der Waals surface area contributed by atoms with Crippen molar-refractivity contribution >= 4 is 72.8 Å². The fourth-order valence-corrected chi connectivity index (χ4v) is 2.83. The molecule has 1 fully saturated rings. The van der Waals surface area contributed by atoms with Crippen LogP contribution in [0.5, 0.6) is 0 Å². The third kappa shape index (κ3) is 18.4. The van der Waals surface area contributed by atoms with Crippen molar-refractivity contribution in [2.24, 2.45) is 0 Å². The van der Waals surface area contributed by atoms with E-state index in [1.807, 2.05) is 0 Å². The van der Waals surface area contributed by atoms with E-state index in [0.29, 0.717) is 15.2 Å². The van der Waals surface area contributed by atoms with Gasteiger partial charge >= 0.3 is 57.5 Å². The predicted molar refractivity (Wildman–Crippen MR) is 48.4 cm³/mol. The third-order valence-corrected chi connectivity index (χ3v) is 3.50. The molecular weight excluding hydrogens is 186 g/mol. The van der Waals surface area contributed by atoms with Gasteiger partial charge < -0.3 is 10.2 Å². The molecule has 1 aliphatic heterocycles. The Balaban J connectivity index is 0. The zero-order valence-corrected chi connectivity index (χ0v) is 7.46. The summed E-state index contributed by atoms with van der Waals surface area (Å²) < 4.78 is 0. The van der Waals surface area contributed by atoms with Gasteiger partial charge in [0.2, 0.25) is 15.2 Å². The molecule has 1 rings (SSSR count). The number of hydrogen-bond donors (Lipinski definition) is 2. The quantitative estimate of drug-likeness (QED) is 0.574. The fraction of sp³-hybridized carbons (Fsp3) is 0.833. The van der Waals surface area contributed by atoms with E-state index in [9.17, 15) is 0 Å². The van der Waals surface area contributed by atoms with E-state index in [-0.39, 0.29) is 51.4 Å². The van der Waals surface area contributed by atoms with Crippen LogP contribution in [-0.2, 0) is 0 Å². The Bertz CT molecular complexity index is 80.3. The molecule has 1 saturated heterocycles. The Morgan fingerprint density at radius 2 is 1.45 bits per heavy atom. The Morgan fingerprint density at radius 1 is 1.09 bits per heavy atom. The van der Waals surface area contributed by atoms with Gasteiger partial charge in [0.1, 0.15) is 0 Å². The molecule has 0 aromatic rings. The fourth-order valence-electron chi connectivity index (χ4n) is 1.06. The number of carbonyl (C=O) groups is 1. The second kappa shape index (κ2) is 11.4. The molecule has 1 heterocycles. The van der Waals surface area contributed by atoms with E-state index in [0.717, 1.165) is 0 Å². The first-order chi connectivity index (χ1) is 4.73. The summed E-state index contributed by atoms with van der Waals surface area (Å²) in [6.07, 6.45) is 2.82. The second-order valence-electron chi connectivity index (χ2n) is 2.40. The van der Waals surface area contributed by atoms with E-state index < -0.39 is 6.16 Å². The van der Waals surface area contributed by atoms with Gasteiger partial charge in [0.25, 0.3) is 0 Å². The third-order valence-electron chi connectivity index (χ3n) is 1.50. The van der Waals surface area contributed by atoms with E-state index >= 15 is 0 Å². The van der Waals surface area contributed by atoms with Crippen molar-refractivity contribution in [1.82, 2.24) is 0 Å². The number of hydrogen-bond acceptors (Lipinski definition) is 1. The predicted octanol–water partition coefficient (Wildman–Crippen LogP) is 1.02. The molecule has 0 bridgehead atoms. The van der Waals surface area contributed by atoms with Crippen LogP contribution in [0.1, 0.15) is 19.3 Å². The van der Waals surface area contributed by atoms with Crippen molar-refractivity contribution in [3.05, 3.63) is 0 Å². The molecule has 0 aromatic heterocycles. The second-order valence-corrected chi connectivity index (χ2v) is 4.53. The number of rotatable bonds is 0. The van der Waals surface area contributed by atoms with Crippen molar-refractivity contribution in [3.8, 4) is 0 Å². The summed E-state index contributed by atoms with van der Waals surface area (Å²) in [5.41, 5.74) is 0. The molecule has 1 aliphatic rings. The van der Waals surface area contributed by atoms with E-state index in [1.54, 1.807) is 23.4 Å². The van der Waals surface area contributed by atoms with Crippen LogP contribution in [0.15, 0.2) is 0 Å². The molecule has 0 radical (unpaired) electrons. The summed E-state index contributed by atoms with van der Waals surface area (Å²) in [5, 5.41) is 17.2. The van der Waals surface area contributed by atoms with Crippen LogP contribution < -0.4 is 0 Å². The van der Waals surface area contributed by atoms with E-state index in [1.165, 1.54) is 6.42 Å². The van der Waals surface area contributed by atoms with Crippen LogP contribution in [0.25, 0.3) is 0 Å². The van der Waals surface area contributed by atoms with E-state index in [4.69, 9.17) is 15.0 Å². The molecule has 0 spiro atoms. The monoisotopic (exact) mass is 200 g/mol. The minimum absolute atomic E-state index is 0. The molecule has 0 atom stereocenters. The molecule has 0 saturated carbocycles. The SMILES string of the molecule is C1C[CH2][AlH][CH2]C1.O=C(O)O.[KH]. The van der Waals surface area contributed by atoms with Gasteiger partial charge in [-0.1, -0.05) is 29.8 Å². The first kappa shape index (κ1) is 14.9. The molecule has 3 nitrogen and oxygen atoms in total. The molecule has 2 N–H and O–H groups in total. The van der Waals surface area contributed by atoms with Crippen molar-refractivity contribution in [1.29, 1.82) is 0 Å². The average molecular weight is 200 g/mol. The first-order valence-corrected chi connectivity index (χ1v) is 5.65. The van der Waals surface area contributed by atoms with Crippen molar-refractivity contribution in [3.63, 3.8) is 0 Å². The molecule has 5 heteroatoms. The molecule has 11 heavy (non-hydrogen) atoms. The first-order valence-electron chi connectivity index (χ1n) is 3.65. The van der Waals surface area contributed by atoms with Gasteiger partial charge in [-0.2, -0.15) is 0 Å². The molecule has 0 aliphatic carbocycles. The van der Waals surface area contributed by atoms with Gasteiger partial charge in [0.15, 0.2) is 0 Å². The summed E-state index contributed by atoms with van der Waals surface area (Å²) in [4.78, 5) is 8.56. The van der Waals surface area contributed by atoms with Gasteiger partial charge in [-0.05, 0) is 0 Å². The number of carboxylic acid groups (broad SMARTS) is 2.